The smallest absolute Gasteiger partial charge is 0.321 e. The molecule has 0 aromatic heterocycles. The predicted molar refractivity (Wildman–Crippen MR) is 60.4 cm³/mol. The second kappa shape index (κ2) is 4.89. The number of phenolic OH excluding ortho intramolecular Hbond substituents is 1. The van der Waals surface area contributed by atoms with Crippen molar-refractivity contribution in [3.8, 4) is 5.75 Å². The first-order valence-corrected chi connectivity index (χ1v) is 4.93. The summed E-state index contributed by atoms with van der Waals surface area (Å²) in [5.74, 6) is -0.00138. The quantitative estimate of drug-likeness (QED) is 0.765. The van der Waals surface area contributed by atoms with E-state index in [1.54, 1.807) is 13.1 Å². The summed E-state index contributed by atoms with van der Waals surface area (Å²) in [7, 11) is 1.69. The number of urea groups is 1. The maximum absolute atomic E-state index is 11.4. The molecule has 1 aromatic rings. The van der Waals surface area contributed by atoms with Crippen molar-refractivity contribution in [3.05, 3.63) is 23.2 Å². The average molecular weight is 229 g/mol. The van der Waals surface area contributed by atoms with Gasteiger partial charge >= 0.3 is 6.03 Å². The van der Waals surface area contributed by atoms with Crippen LogP contribution in [-0.2, 0) is 0 Å². The molecule has 0 aliphatic carbocycles. The first kappa shape index (κ1) is 11.7. The summed E-state index contributed by atoms with van der Waals surface area (Å²) < 4.78 is 0. The van der Waals surface area contributed by atoms with Crippen LogP contribution in [-0.4, -0.2) is 29.6 Å². The van der Waals surface area contributed by atoms with E-state index in [0.29, 0.717) is 12.2 Å². The van der Waals surface area contributed by atoms with Crippen molar-refractivity contribution in [2.75, 3.05) is 18.9 Å². The van der Waals surface area contributed by atoms with Gasteiger partial charge in [-0.1, -0.05) is 11.6 Å². The Morgan fingerprint density at radius 2 is 2.27 bits per heavy atom. The van der Waals surface area contributed by atoms with Crippen molar-refractivity contribution in [2.45, 2.75) is 6.92 Å². The number of rotatable bonds is 2. The Morgan fingerprint density at radius 1 is 1.60 bits per heavy atom. The van der Waals surface area contributed by atoms with E-state index in [2.05, 4.69) is 5.32 Å². The number of nitrogens with one attached hydrogen (secondary N) is 1. The number of hydrogen-bond acceptors (Lipinski definition) is 2. The molecule has 0 bridgehead atoms. The maximum atomic E-state index is 11.4. The van der Waals surface area contributed by atoms with Gasteiger partial charge in [0.25, 0.3) is 0 Å². The molecule has 0 aliphatic heterocycles. The highest BCUT2D eigenvalue weighted by Crippen LogP contribution is 2.26. The van der Waals surface area contributed by atoms with Crippen LogP contribution in [0.25, 0.3) is 0 Å². The van der Waals surface area contributed by atoms with Gasteiger partial charge in [0, 0.05) is 19.3 Å². The lowest BCUT2D eigenvalue weighted by molar-refractivity contribution is 0.224. The van der Waals surface area contributed by atoms with Crippen LogP contribution in [0.15, 0.2) is 18.2 Å². The van der Waals surface area contributed by atoms with Crippen molar-refractivity contribution in [3.63, 3.8) is 0 Å². The first-order chi connectivity index (χ1) is 7.04. The molecule has 5 heteroatoms. The summed E-state index contributed by atoms with van der Waals surface area (Å²) in [6.07, 6.45) is 0. The molecule has 2 N–H and O–H groups in total. The van der Waals surface area contributed by atoms with E-state index < -0.39 is 0 Å². The Balaban J connectivity index is 2.73. The Bertz CT molecular complexity index is 368. The van der Waals surface area contributed by atoms with Crippen molar-refractivity contribution in [1.29, 1.82) is 0 Å². The van der Waals surface area contributed by atoms with Gasteiger partial charge in [-0.05, 0) is 25.1 Å². The standard InChI is InChI=1S/C10H13ClN2O2/c1-3-13(2)10(15)12-7-4-5-9(14)8(11)6-7/h4-6,14H,3H2,1-2H3,(H,12,15). The summed E-state index contributed by atoms with van der Waals surface area (Å²) in [5, 5.41) is 12.0. The molecule has 0 aliphatic rings. The van der Waals surface area contributed by atoms with Crippen LogP contribution in [0.2, 0.25) is 5.02 Å². The molecule has 15 heavy (non-hydrogen) atoms. The zero-order valence-electron chi connectivity index (χ0n) is 8.62. The van der Waals surface area contributed by atoms with E-state index >= 15 is 0 Å². The summed E-state index contributed by atoms with van der Waals surface area (Å²) in [4.78, 5) is 13.0. The van der Waals surface area contributed by atoms with Crippen molar-refractivity contribution in [1.82, 2.24) is 4.90 Å². The molecule has 0 saturated carbocycles. The van der Waals surface area contributed by atoms with Crippen LogP contribution in [0.4, 0.5) is 10.5 Å². The topological polar surface area (TPSA) is 52.6 Å². The molecule has 82 valence electrons. The van der Waals surface area contributed by atoms with E-state index in [4.69, 9.17) is 11.6 Å². The summed E-state index contributed by atoms with van der Waals surface area (Å²) in [5.41, 5.74) is 0.558. The molecule has 2 amide bonds. The van der Waals surface area contributed by atoms with Gasteiger partial charge in [0.15, 0.2) is 0 Å². The number of anilines is 1. The minimum atomic E-state index is -0.209. The van der Waals surface area contributed by atoms with Gasteiger partial charge in [0.05, 0.1) is 5.02 Å². The molecular formula is C10H13ClN2O2. The van der Waals surface area contributed by atoms with Gasteiger partial charge in [-0.3, -0.25) is 0 Å². The number of aromatic hydroxyl groups is 1. The first-order valence-electron chi connectivity index (χ1n) is 4.55. The number of carbonyl (C=O) groups excluding carboxylic acids is 1. The maximum Gasteiger partial charge on any atom is 0.321 e. The van der Waals surface area contributed by atoms with E-state index in [9.17, 15) is 9.90 Å². The zero-order valence-corrected chi connectivity index (χ0v) is 9.38. The predicted octanol–water partition coefficient (Wildman–Crippen LogP) is 2.53. The Morgan fingerprint density at radius 3 is 2.80 bits per heavy atom. The van der Waals surface area contributed by atoms with Gasteiger partial charge in [-0.25, -0.2) is 4.79 Å². The van der Waals surface area contributed by atoms with Crippen molar-refractivity contribution in [2.24, 2.45) is 0 Å². The average Bonchev–Trinajstić information content (AvgIpc) is 2.22. The van der Waals surface area contributed by atoms with Crippen LogP contribution in [0.3, 0.4) is 0 Å². The second-order valence-corrected chi connectivity index (χ2v) is 3.52. The van der Waals surface area contributed by atoms with Crippen LogP contribution in [0.5, 0.6) is 5.75 Å². The third-order valence-electron chi connectivity index (χ3n) is 2.02. The molecule has 0 atom stereocenters. The molecule has 0 fully saturated rings. The van der Waals surface area contributed by atoms with Gasteiger partial charge in [0.2, 0.25) is 0 Å². The minimum absolute atomic E-state index is 0.00138. The summed E-state index contributed by atoms with van der Waals surface area (Å²) in [6.45, 7) is 2.50. The van der Waals surface area contributed by atoms with Crippen LogP contribution >= 0.6 is 11.6 Å². The molecule has 0 spiro atoms. The van der Waals surface area contributed by atoms with Crippen molar-refractivity contribution < 1.29 is 9.90 Å². The zero-order chi connectivity index (χ0) is 11.4. The fraction of sp³-hybridized carbons (Fsp3) is 0.300. The lowest BCUT2D eigenvalue weighted by Gasteiger charge is -2.15. The van der Waals surface area contributed by atoms with Gasteiger partial charge in [-0.15, -0.1) is 0 Å². The lowest BCUT2D eigenvalue weighted by atomic mass is 10.3. The highest BCUT2D eigenvalue weighted by Gasteiger charge is 2.07. The molecular weight excluding hydrogens is 216 g/mol. The fourth-order valence-electron chi connectivity index (χ4n) is 0.947. The fourth-order valence-corrected chi connectivity index (χ4v) is 1.13. The highest BCUT2D eigenvalue weighted by atomic mass is 35.5. The molecule has 1 rings (SSSR count). The monoisotopic (exact) mass is 228 g/mol. The molecule has 0 unspecified atom stereocenters. The molecule has 1 aromatic carbocycles. The van der Waals surface area contributed by atoms with E-state index in [0.717, 1.165) is 0 Å². The Kier molecular flexibility index (Phi) is 3.80. The molecule has 0 heterocycles. The van der Waals surface area contributed by atoms with Crippen molar-refractivity contribution >= 4 is 23.3 Å². The van der Waals surface area contributed by atoms with E-state index in [1.165, 1.54) is 17.0 Å². The second-order valence-electron chi connectivity index (χ2n) is 3.11. The van der Waals surface area contributed by atoms with Gasteiger partial charge in [0.1, 0.15) is 5.75 Å². The molecule has 0 radical (unpaired) electrons. The third-order valence-corrected chi connectivity index (χ3v) is 2.32. The number of benzene rings is 1. The van der Waals surface area contributed by atoms with Gasteiger partial charge < -0.3 is 15.3 Å². The van der Waals surface area contributed by atoms with E-state index in [1.807, 2.05) is 6.92 Å². The molecule has 4 nitrogen and oxygen atoms in total. The summed E-state index contributed by atoms with van der Waals surface area (Å²) in [6, 6.07) is 4.31. The largest absolute Gasteiger partial charge is 0.506 e. The van der Waals surface area contributed by atoms with Crippen LogP contribution in [0, 0.1) is 0 Å². The van der Waals surface area contributed by atoms with E-state index in [-0.39, 0.29) is 16.8 Å². The Hall–Kier alpha value is -1.42. The number of amides is 2. The number of carbonyl (C=O) groups is 1. The minimum Gasteiger partial charge on any atom is -0.506 e. The SMILES string of the molecule is CCN(C)C(=O)Nc1ccc(O)c(Cl)c1. The van der Waals surface area contributed by atoms with Crippen LogP contribution in [0.1, 0.15) is 6.92 Å². The van der Waals surface area contributed by atoms with Crippen LogP contribution < -0.4 is 5.32 Å². The Labute approximate surface area is 93.5 Å². The number of halogens is 1. The number of hydrogen-bond donors (Lipinski definition) is 2. The lowest BCUT2D eigenvalue weighted by Crippen LogP contribution is -2.30. The number of phenols is 1. The summed E-state index contributed by atoms with van der Waals surface area (Å²) >= 11 is 5.70. The number of nitrogens with zero attached hydrogens (tertiary/aromatic N) is 1. The third kappa shape index (κ3) is 3.02. The normalized spacial score (nSPS) is 9.80. The van der Waals surface area contributed by atoms with Gasteiger partial charge in [-0.2, -0.15) is 0 Å². The molecule has 0 saturated heterocycles. The highest BCUT2D eigenvalue weighted by molar-refractivity contribution is 6.32.